The van der Waals surface area contributed by atoms with Gasteiger partial charge in [-0.3, -0.25) is 9.80 Å². The van der Waals surface area contributed by atoms with Crippen molar-refractivity contribution in [2.75, 3.05) is 59.0 Å². The van der Waals surface area contributed by atoms with Crippen molar-refractivity contribution in [1.29, 1.82) is 0 Å². The first-order chi connectivity index (χ1) is 9.28. The minimum absolute atomic E-state index is 0.251. The molecule has 2 unspecified atom stereocenters. The molecule has 0 radical (unpaired) electrons. The lowest BCUT2D eigenvalue weighted by atomic mass is 10.2. The molecule has 2 aliphatic rings. The molecular formula is C14H29N3O2. The van der Waals surface area contributed by atoms with Crippen LogP contribution in [-0.2, 0) is 4.74 Å². The van der Waals surface area contributed by atoms with Crippen LogP contribution in [0.4, 0.5) is 0 Å². The molecule has 2 rings (SSSR count). The van der Waals surface area contributed by atoms with Gasteiger partial charge in [0, 0.05) is 52.4 Å². The molecule has 0 aromatic rings. The highest BCUT2D eigenvalue weighted by molar-refractivity contribution is 4.75. The van der Waals surface area contributed by atoms with Crippen molar-refractivity contribution in [2.24, 2.45) is 0 Å². The Bertz CT molecular complexity index is 241. The summed E-state index contributed by atoms with van der Waals surface area (Å²) in [7, 11) is 0. The van der Waals surface area contributed by atoms with Crippen LogP contribution in [0.2, 0.25) is 0 Å². The monoisotopic (exact) mass is 271 g/mol. The van der Waals surface area contributed by atoms with Crippen LogP contribution in [0.15, 0.2) is 0 Å². The molecule has 2 N–H and O–H groups in total. The Morgan fingerprint density at radius 3 is 2.84 bits per heavy atom. The Labute approximate surface area is 116 Å². The molecule has 2 aliphatic heterocycles. The van der Waals surface area contributed by atoms with Gasteiger partial charge < -0.3 is 15.2 Å². The Hall–Kier alpha value is -0.200. The van der Waals surface area contributed by atoms with E-state index in [0.717, 1.165) is 59.0 Å². The van der Waals surface area contributed by atoms with E-state index in [0.29, 0.717) is 6.10 Å². The van der Waals surface area contributed by atoms with Crippen LogP contribution in [-0.4, -0.2) is 86.1 Å². The average molecular weight is 271 g/mol. The number of hydrogen-bond acceptors (Lipinski definition) is 5. The smallest absolute Gasteiger partial charge is 0.0793 e. The molecule has 0 saturated carbocycles. The maximum absolute atomic E-state index is 10.2. The number of nitrogens with one attached hydrogen (secondary N) is 1. The minimum atomic E-state index is -0.251. The highest BCUT2D eigenvalue weighted by atomic mass is 16.5. The van der Waals surface area contributed by atoms with Gasteiger partial charge in [0.05, 0.1) is 12.2 Å². The number of ether oxygens (including phenoxy) is 1. The van der Waals surface area contributed by atoms with E-state index in [9.17, 15) is 5.11 Å². The van der Waals surface area contributed by atoms with Crippen LogP contribution < -0.4 is 5.32 Å². The van der Waals surface area contributed by atoms with E-state index in [2.05, 4.69) is 22.0 Å². The molecule has 0 aliphatic carbocycles. The maximum Gasteiger partial charge on any atom is 0.0793 e. The predicted octanol–water partition coefficient (Wildman–Crippen LogP) is -0.247. The number of aliphatic hydroxyl groups excluding tert-OH is 1. The van der Waals surface area contributed by atoms with E-state index < -0.39 is 0 Å². The van der Waals surface area contributed by atoms with Gasteiger partial charge in [-0.25, -0.2) is 0 Å². The first-order valence-electron chi connectivity index (χ1n) is 7.73. The summed E-state index contributed by atoms with van der Waals surface area (Å²) in [5.74, 6) is 0. The minimum Gasteiger partial charge on any atom is -0.390 e. The highest BCUT2D eigenvalue weighted by Gasteiger charge is 2.21. The predicted molar refractivity (Wildman–Crippen MR) is 76.4 cm³/mol. The Morgan fingerprint density at radius 2 is 2.21 bits per heavy atom. The summed E-state index contributed by atoms with van der Waals surface area (Å²) in [5.41, 5.74) is 0. The third-order valence-corrected chi connectivity index (χ3v) is 4.08. The SMILES string of the molecule is CCN(CC(O)CN1CCNCC1)CC1CCCO1. The number of rotatable bonds is 7. The van der Waals surface area contributed by atoms with Crippen molar-refractivity contribution in [3.63, 3.8) is 0 Å². The van der Waals surface area contributed by atoms with Crippen molar-refractivity contribution < 1.29 is 9.84 Å². The number of hydrogen-bond donors (Lipinski definition) is 2. The molecule has 0 spiro atoms. The number of likely N-dealkylation sites (N-methyl/N-ethyl adjacent to an activating group) is 1. The molecule has 5 heteroatoms. The van der Waals surface area contributed by atoms with Crippen molar-refractivity contribution in [1.82, 2.24) is 15.1 Å². The van der Waals surface area contributed by atoms with E-state index in [1.165, 1.54) is 12.8 Å². The molecule has 2 fully saturated rings. The molecule has 5 nitrogen and oxygen atoms in total. The van der Waals surface area contributed by atoms with E-state index in [-0.39, 0.29) is 6.10 Å². The molecule has 0 aromatic heterocycles. The summed E-state index contributed by atoms with van der Waals surface area (Å²) in [6.45, 7) is 10.8. The summed E-state index contributed by atoms with van der Waals surface area (Å²) in [5, 5.41) is 13.6. The zero-order valence-corrected chi connectivity index (χ0v) is 12.2. The summed E-state index contributed by atoms with van der Waals surface area (Å²) in [6, 6.07) is 0. The van der Waals surface area contributed by atoms with Gasteiger partial charge in [-0.1, -0.05) is 6.92 Å². The standard InChI is InChI=1S/C14H29N3O2/c1-2-16(12-14-4-3-9-19-14)10-13(18)11-17-7-5-15-6-8-17/h13-15,18H,2-12H2,1H3. The van der Waals surface area contributed by atoms with Gasteiger partial charge in [-0.2, -0.15) is 0 Å². The fraction of sp³-hybridized carbons (Fsp3) is 1.00. The first kappa shape index (κ1) is 15.2. The highest BCUT2D eigenvalue weighted by Crippen LogP contribution is 2.13. The van der Waals surface area contributed by atoms with Crippen molar-refractivity contribution >= 4 is 0 Å². The van der Waals surface area contributed by atoms with Gasteiger partial charge in [0.1, 0.15) is 0 Å². The normalized spacial score (nSPS) is 27.0. The Kier molecular flexibility index (Phi) is 6.53. The second-order valence-electron chi connectivity index (χ2n) is 5.69. The lowest BCUT2D eigenvalue weighted by Crippen LogP contribution is -2.48. The fourth-order valence-electron chi connectivity index (χ4n) is 2.96. The lowest BCUT2D eigenvalue weighted by molar-refractivity contribution is 0.0380. The summed E-state index contributed by atoms with van der Waals surface area (Å²) in [4.78, 5) is 4.67. The molecular weight excluding hydrogens is 242 g/mol. The zero-order chi connectivity index (χ0) is 13.5. The van der Waals surface area contributed by atoms with Gasteiger partial charge in [-0.15, -0.1) is 0 Å². The topological polar surface area (TPSA) is 48.0 Å². The maximum atomic E-state index is 10.2. The van der Waals surface area contributed by atoms with Crippen molar-refractivity contribution in [2.45, 2.75) is 32.0 Å². The number of piperazine rings is 1. The third kappa shape index (κ3) is 5.36. The largest absolute Gasteiger partial charge is 0.390 e. The molecule has 0 amide bonds. The molecule has 2 heterocycles. The molecule has 0 aromatic carbocycles. The van der Waals surface area contributed by atoms with Crippen molar-refractivity contribution in [3.05, 3.63) is 0 Å². The second kappa shape index (κ2) is 8.17. The number of β-amino-alcohol motifs (C(OH)–C–C–N with tert-alkyl or cyclic N) is 1. The van der Waals surface area contributed by atoms with Gasteiger partial charge in [0.25, 0.3) is 0 Å². The van der Waals surface area contributed by atoms with Crippen LogP contribution >= 0.6 is 0 Å². The quantitative estimate of drug-likeness (QED) is 0.669. The summed E-state index contributed by atoms with van der Waals surface area (Å²) < 4.78 is 5.67. The van der Waals surface area contributed by atoms with Gasteiger partial charge >= 0.3 is 0 Å². The van der Waals surface area contributed by atoms with Crippen molar-refractivity contribution in [3.8, 4) is 0 Å². The van der Waals surface area contributed by atoms with E-state index in [1.807, 2.05) is 0 Å². The number of nitrogens with zero attached hydrogens (tertiary/aromatic N) is 2. The average Bonchev–Trinajstić information content (AvgIpc) is 2.92. The lowest BCUT2D eigenvalue weighted by Gasteiger charge is -2.31. The van der Waals surface area contributed by atoms with Gasteiger partial charge in [-0.05, 0) is 19.4 Å². The molecule has 2 saturated heterocycles. The summed E-state index contributed by atoms with van der Waals surface area (Å²) >= 11 is 0. The van der Waals surface area contributed by atoms with Crippen LogP contribution in [0.5, 0.6) is 0 Å². The Morgan fingerprint density at radius 1 is 1.42 bits per heavy atom. The molecule has 19 heavy (non-hydrogen) atoms. The zero-order valence-electron chi connectivity index (χ0n) is 12.2. The van der Waals surface area contributed by atoms with E-state index in [1.54, 1.807) is 0 Å². The Balaban J connectivity index is 1.67. The van der Waals surface area contributed by atoms with Gasteiger partial charge in [0.2, 0.25) is 0 Å². The first-order valence-corrected chi connectivity index (χ1v) is 7.73. The summed E-state index contributed by atoms with van der Waals surface area (Å²) in [6.07, 6.45) is 2.49. The third-order valence-electron chi connectivity index (χ3n) is 4.08. The molecule has 0 bridgehead atoms. The van der Waals surface area contributed by atoms with Gasteiger partial charge in [0.15, 0.2) is 0 Å². The molecule has 2 atom stereocenters. The van der Waals surface area contributed by atoms with Crippen LogP contribution in [0.25, 0.3) is 0 Å². The van der Waals surface area contributed by atoms with Crippen LogP contribution in [0.3, 0.4) is 0 Å². The van der Waals surface area contributed by atoms with E-state index in [4.69, 9.17) is 4.74 Å². The number of aliphatic hydroxyl groups is 1. The second-order valence-corrected chi connectivity index (χ2v) is 5.69. The van der Waals surface area contributed by atoms with Crippen LogP contribution in [0, 0.1) is 0 Å². The van der Waals surface area contributed by atoms with E-state index >= 15 is 0 Å². The molecule has 112 valence electrons. The fourth-order valence-corrected chi connectivity index (χ4v) is 2.96. The van der Waals surface area contributed by atoms with Crippen LogP contribution in [0.1, 0.15) is 19.8 Å².